The van der Waals surface area contributed by atoms with E-state index < -0.39 is 27.3 Å². The Morgan fingerprint density at radius 3 is 2.29 bits per heavy atom. The smallest absolute Gasteiger partial charge is 0.272 e. The maximum absolute atomic E-state index is 13.9. The molecule has 2 aromatic carbocycles. The van der Waals surface area contributed by atoms with E-state index in [1.165, 1.54) is 46.8 Å². The average molecular weight is 405 g/mol. The van der Waals surface area contributed by atoms with Crippen LogP contribution in [0.3, 0.4) is 0 Å². The molecule has 0 bridgehead atoms. The highest BCUT2D eigenvalue weighted by molar-refractivity contribution is 7.89. The number of hydrogen-bond donors (Lipinski definition) is 1. The zero-order chi connectivity index (χ0) is 19.9. The maximum atomic E-state index is 13.9. The molecule has 0 unspecified atom stereocenters. The number of hydrogen-bond acceptors (Lipinski definition) is 4. The average Bonchev–Trinajstić information content (AvgIpc) is 2.98. The van der Waals surface area contributed by atoms with Gasteiger partial charge in [-0.15, -0.1) is 0 Å². The van der Waals surface area contributed by atoms with Crippen molar-refractivity contribution in [3.63, 3.8) is 0 Å². The predicted octanol–water partition coefficient (Wildman–Crippen LogP) is 2.06. The molecule has 0 saturated carbocycles. The summed E-state index contributed by atoms with van der Waals surface area (Å²) >= 11 is 0. The minimum atomic E-state index is -3.97. The lowest BCUT2D eigenvalue weighted by Gasteiger charge is -2.36. The summed E-state index contributed by atoms with van der Waals surface area (Å²) in [6.45, 7) is 0.189. The lowest BCUT2D eigenvalue weighted by atomic mass is 10.00. The van der Waals surface area contributed by atoms with E-state index in [0.29, 0.717) is 5.56 Å². The van der Waals surface area contributed by atoms with E-state index >= 15 is 0 Å². The van der Waals surface area contributed by atoms with Crippen LogP contribution in [0, 0.1) is 11.6 Å². The van der Waals surface area contributed by atoms with Gasteiger partial charge in [-0.1, -0.05) is 12.1 Å². The lowest BCUT2D eigenvalue weighted by Crippen LogP contribution is -2.52. The molecule has 1 fully saturated rings. The topological polar surface area (TPSA) is 78.8 Å². The van der Waals surface area contributed by atoms with Crippen molar-refractivity contribution in [1.82, 2.24) is 9.62 Å². The third-order valence-electron chi connectivity index (χ3n) is 5.01. The molecular weight excluding hydrogens is 388 g/mol. The van der Waals surface area contributed by atoms with Crippen LogP contribution in [0.25, 0.3) is 0 Å². The fourth-order valence-corrected chi connectivity index (χ4v) is 5.00. The van der Waals surface area contributed by atoms with Crippen molar-refractivity contribution in [3.8, 4) is 0 Å². The summed E-state index contributed by atoms with van der Waals surface area (Å²) in [5.74, 6) is -1.59. The zero-order valence-corrected chi connectivity index (χ0v) is 15.5. The summed E-state index contributed by atoms with van der Waals surface area (Å²) < 4.78 is 53.7. The van der Waals surface area contributed by atoms with Gasteiger partial charge in [0.15, 0.2) is 0 Å². The normalized spacial score (nSPS) is 19.5. The number of sulfonamides is 1. The van der Waals surface area contributed by atoms with E-state index in [0.717, 1.165) is 6.07 Å². The molecule has 1 amide bonds. The van der Waals surface area contributed by atoms with Gasteiger partial charge in [0.2, 0.25) is 10.0 Å². The molecule has 1 spiro atoms. The van der Waals surface area contributed by atoms with Crippen molar-refractivity contribution < 1.29 is 22.0 Å². The quantitative estimate of drug-likeness (QED) is 0.849. The Hall–Kier alpha value is -2.65. The van der Waals surface area contributed by atoms with Crippen LogP contribution in [0.15, 0.2) is 58.4 Å². The largest absolute Gasteiger partial charge is 0.326 e. The molecule has 28 heavy (non-hydrogen) atoms. The first-order valence-corrected chi connectivity index (χ1v) is 10.2. The van der Waals surface area contributed by atoms with E-state index in [1.807, 2.05) is 0 Å². The second-order valence-electron chi connectivity index (χ2n) is 6.79. The summed E-state index contributed by atoms with van der Waals surface area (Å²) in [4.78, 5) is 16.5. The fraction of sp³-hybridized carbons (Fsp3) is 0.263. The lowest BCUT2D eigenvalue weighted by molar-refractivity contribution is -0.115. The SMILES string of the molecule is O=C1NC2(CCN(S(=O)(=O)c3ccccc3F)CC2)N=C1c1ccc(F)cc1. The number of carbonyl (C=O) groups excluding carboxylic acids is 1. The first-order valence-electron chi connectivity index (χ1n) is 8.74. The summed E-state index contributed by atoms with van der Waals surface area (Å²) in [6, 6.07) is 10.7. The first kappa shape index (κ1) is 18.7. The number of nitrogens with zero attached hydrogens (tertiary/aromatic N) is 2. The Morgan fingerprint density at radius 1 is 1.00 bits per heavy atom. The van der Waals surface area contributed by atoms with Crippen LogP contribution in [0.4, 0.5) is 8.78 Å². The molecule has 2 aliphatic rings. The fourth-order valence-electron chi connectivity index (χ4n) is 3.49. The van der Waals surface area contributed by atoms with Crippen molar-refractivity contribution in [2.45, 2.75) is 23.4 Å². The summed E-state index contributed by atoms with van der Waals surface area (Å²) in [6.07, 6.45) is 0.522. The molecule has 6 nitrogen and oxygen atoms in total. The molecular formula is C19H17F2N3O3S. The molecule has 0 aromatic heterocycles. The number of carbonyl (C=O) groups is 1. The van der Waals surface area contributed by atoms with Gasteiger partial charge in [-0.3, -0.25) is 9.79 Å². The van der Waals surface area contributed by atoms with Gasteiger partial charge in [0.05, 0.1) is 0 Å². The van der Waals surface area contributed by atoms with Crippen LogP contribution in [-0.4, -0.2) is 43.1 Å². The number of piperidine rings is 1. The Balaban J connectivity index is 1.55. The highest BCUT2D eigenvalue weighted by Gasteiger charge is 2.44. The van der Waals surface area contributed by atoms with Crippen molar-refractivity contribution in [3.05, 3.63) is 65.7 Å². The van der Waals surface area contributed by atoms with Gasteiger partial charge in [-0.2, -0.15) is 4.31 Å². The third kappa shape index (κ3) is 3.20. The van der Waals surface area contributed by atoms with Crippen molar-refractivity contribution in [2.75, 3.05) is 13.1 Å². The van der Waals surface area contributed by atoms with Gasteiger partial charge in [-0.05, 0) is 36.4 Å². The molecule has 0 atom stereocenters. The minimum Gasteiger partial charge on any atom is -0.326 e. The highest BCUT2D eigenvalue weighted by Crippen LogP contribution is 2.31. The number of aliphatic imine (C=N–C) groups is 1. The molecule has 2 heterocycles. The van der Waals surface area contributed by atoms with Gasteiger partial charge >= 0.3 is 0 Å². The molecule has 2 aliphatic heterocycles. The molecule has 146 valence electrons. The minimum absolute atomic E-state index is 0.0944. The number of nitrogens with one attached hydrogen (secondary N) is 1. The van der Waals surface area contributed by atoms with E-state index in [2.05, 4.69) is 10.3 Å². The van der Waals surface area contributed by atoms with Crippen LogP contribution in [-0.2, 0) is 14.8 Å². The second-order valence-corrected chi connectivity index (χ2v) is 8.69. The molecule has 0 aliphatic carbocycles. The Labute approximate surface area is 160 Å². The van der Waals surface area contributed by atoms with Crippen LogP contribution < -0.4 is 5.32 Å². The highest BCUT2D eigenvalue weighted by atomic mass is 32.2. The zero-order valence-electron chi connectivity index (χ0n) is 14.7. The standard InChI is InChI=1S/C19H17F2N3O3S/c20-14-7-5-13(6-8-14)17-18(25)23-19(22-17)9-11-24(12-10-19)28(26,27)16-4-2-1-3-15(16)21/h1-8H,9-12H2,(H,23,25). The molecule has 4 rings (SSSR count). The second kappa shape index (κ2) is 6.75. The van der Waals surface area contributed by atoms with E-state index in [4.69, 9.17) is 0 Å². The van der Waals surface area contributed by atoms with Gasteiger partial charge in [0, 0.05) is 31.5 Å². The van der Waals surface area contributed by atoms with Crippen LogP contribution in [0.1, 0.15) is 18.4 Å². The number of amides is 1. The van der Waals surface area contributed by atoms with Gasteiger partial charge in [0.1, 0.15) is 27.9 Å². The predicted molar refractivity (Wildman–Crippen MR) is 98.2 cm³/mol. The summed E-state index contributed by atoms with van der Waals surface area (Å²) in [5.41, 5.74) is -0.204. The van der Waals surface area contributed by atoms with E-state index in [1.54, 1.807) is 0 Å². The molecule has 0 radical (unpaired) electrons. The van der Waals surface area contributed by atoms with E-state index in [9.17, 15) is 22.0 Å². The Kier molecular flexibility index (Phi) is 4.51. The number of halogens is 2. The first-order chi connectivity index (χ1) is 13.3. The third-order valence-corrected chi connectivity index (χ3v) is 6.94. The van der Waals surface area contributed by atoms with Crippen LogP contribution in [0.5, 0.6) is 0 Å². The van der Waals surface area contributed by atoms with Crippen molar-refractivity contribution >= 4 is 21.6 Å². The van der Waals surface area contributed by atoms with E-state index in [-0.39, 0.29) is 42.4 Å². The molecule has 1 saturated heterocycles. The number of benzene rings is 2. The maximum Gasteiger partial charge on any atom is 0.272 e. The summed E-state index contributed by atoms with van der Waals surface area (Å²) in [7, 11) is -3.97. The Bertz CT molecular complexity index is 1060. The molecule has 9 heteroatoms. The molecule has 1 N–H and O–H groups in total. The van der Waals surface area contributed by atoms with Crippen LogP contribution in [0.2, 0.25) is 0 Å². The monoisotopic (exact) mass is 405 g/mol. The van der Waals surface area contributed by atoms with Gasteiger partial charge in [0.25, 0.3) is 5.91 Å². The Morgan fingerprint density at radius 2 is 1.64 bits per heavy atom. The van der Waals surface area contributed by atoms with Gasteiger partial charge in [-0.25, -0.2) is 17.2 Å². The summed E-state index contributed by atoms with van der Waals surface area (Å²) in [5, 5.41) is 2.82. The number of rotatable bonds is 3. The van der Waals surface area contributed by atoms with Crippen molar-refractivity contribution in [1.29, 1.82) is 0 Å². The van der Waals surface area contributed by atoms with Gasteiger partial charge < -0.3 is 5.32 Å². The molecule has 2 aromatic rings. The van der Waals surface area contributed by atoms with Crippen LogP contribution >= 0.6 is 0 Å². The van der Waals surface area contributed by atoms with Crippen molar-refractivity contribution in [2.24, 2.45) is 4.99 Å².